The van der Waals surface area contributed by atoms with Crippen LogP contribution in [0, 0.1) is 6.92 Å². The molecule has 6 heteroatoms. The number of para-hydroxylation sites is 1. The molecule has 1 aliphatic heterocycles. The molecule has 1 atom stereocenters. The monoisotopic (exact) mass is 344 g/mol. The lowest BCUT2D eigenvalue weighted by molar-refractivity contribution is 0.267. The first-order valence-electron chi connectivity index (χ1n) is 8.34. The molecule has 5 nitrogen and oxygen atoms in total. The van der Waals surface area contributed by atoms with E-state index in [1.165, 1.54) is 10.4 Å². The van der Waals surface area contributed by atoms with Crippen LogP contribution in [0.3, 0.4) is 0 Å². The molecule has 1 aromatic heterocycles. The Morgan fingerprint density at radius 1 is 1.38 bits per heavy atom. The fraction of sp³-hybridized carbons (Fsp3) is 0.444. The standard InChI is InChI=1S/C18H24N4OS/c1-13-11-21-17(24-13)7-9-20-18(19-2)22-12-14-8-10-23-16-6-4-3-5-15(14)16/h3-6,11,14H,7-10,12H2,1-2H3,(H2,19,20,22). The Balaban J connectivity index is 1.48. The number of nitrogens with one attached hydrogen (secondary N) is 2. The Kier molecular flexibility index (Phi) is 5.69. The molecular formula is C18H24N4OS. The first kappa shape index (κ1) is 16.8. The Morgan fingerprint density at radius 3 is 3.04 bits per heavy atom. The zero-order chi connectivity index (χ0) is 16.8. The van der Waals surface area contributed by atoms with E-state index in [-0.39, 0.29) is 0 Å². The summed E-state index contributed by atoms with van der Waals surface area (Å²) < 4.78 is 5.72. The molecule has 0 saturated heterocycles. The fourth-order valence-corrected chi connectivity index (χ4v) is 3.66. The number of hydrogen-bond donors (Lipinski definition) is 2. The largest absolute Gasteiger partial charge is 0.493 e. The highest BCUT2D eigenvalue weighted by molar-refractivity contribution is 7.11. The van der Waals surface area contributed by atoms with Crippen LogP contribution in [0.4, 0.5) is 0 Å². The second-order valence-corrected chi connectivity index (χ2v) is 7.19. The minimum atomic E-state index is 0.454. The van der Waals surface area contributed by atoms with Gasteiger partial charge in [0.25, 0.3) is 0 Å². The lowest BCUT2D eigenvalue weighted by Gasteiger charge is -2.26. The van der Waals surface area contributed by atoms with Gasteiger partial charge in [0.2, 0.25) is 0 Å². The van der Waals surface area contributed by atoms with Crippen molar-refractivity contribution >= 4 is 17.3 Å². The summed E-state index contributed by atoms with van der Waals surface area (Å²) in [6.07, 6.45) is 3.87. The molecule has 24 heavy (non-hydrogen) atoms. The van der Waals surface area contributed by atoms with E-state index >= 15 is 0 Å². The number of hydrogen-bond acceptors (Lipinski definition) is 4. The van der Waals surface area contributed by atoms with E-state index in [0.717, 1.165) is 49.3 Å². The van der Waals surface area contributed by atoms with Gasteiger partial charge in [-0.05, 0) is 25.0 Å². The maximum absolute atomic E-state index is 5.72. The molecule has 1 aliphatic rings. The van der Waals surface area contributed by atoms with E-state index < -0.39 is 0 Å². The molecule has 2 N–H and O–H groups in total. The van der Waals surface area contributed by atoms with Crippen LogP contribution in [0.25, 0.3) is 0 Å². The summed E-state index contributed by atoms with van der Waals surface area (Å²) >= 11 is 1.75. The number of rotatable bonds is 5. The van der Waals surface area contributed by atoms with Gasteiger partial charge in [0.1, 0.15) is 5.75 Å². The van der Waals surface area contributed by atoms with Crippen molar-refractivity contribution in [1.29, 1.82) is 0 Å². The molecule has 0 bridgehead atoms. The van der Waals surface area contributed by atoms with Crippen LogP contribution >= 0.6 is 11.3 Å². The summed E-state index contributed by atoms with van der Waals surface area (Å²) in [5.41, 5.74) is 1.28. The maximum atomic E-state index is 5.72. The van der Waals surface area contributed by atoms with E-state index in [2.05, 4.69) is 39.7 Å². The average Bonchev–Trinajstić information content (AvgIpc) is 3.03. The van der Waals surface area contributed by atoms with Crippen LogP contribution < -0.4 is 15.4 Å². The molecule has 0 aliphatic carbocycles. The Labute approximate surface area is 147 Å². The van der Waals surface area contributed by atoms with Crippen LogP contribution in [-0.4, -0.2) is 37.7 Å². The number of thiazole rings is 1. The van der Waals surface area contributed by atoms with E-state index in [9.17, 15) is 0 Å². The normalized spacial score (nSPS) is 17.1. The molecule has 0 spiro atoms. The zero-order valence-electron chi connectivity index (χ0n) is 14.2. The smallest absolute Gasteiger partial charge is 0.191 e. The predicted molar refractivity (Wildman–Crippen MR) is 99.2 cm³/mol. The molecule has 0 fully saturated rings. The van der Waals surface area contributed by atoms with Crippen molar-refractivity contribution in [2.75, 3.05) is 26.7 Å². The van der Waals surface area contributed by atoms with Crippen LogP contribution in [0.15, 0.2) is 35.5 Å². The summed E-state index contributed by atoms with van der Waals surface area (Å²) in [5, 5.41) is 7.96. The lowest BCUT2D eigenvalue weighted by Crippen LogP contribution is -2.40. The molecule has 2 aromatic rings. The summed E-state index contributed by atoms with van der Waals surface area (Å²) in [6.45, 7) is 4.55. The molecule has 1 unspecified atom stereocenters. The number of benzene rings is 1. The van der Waals surface area contributed by atoms with Gasteiger partial charge in [0.15, 0.2) is 5.96 Å². The topological polar surface area (TPSA) is 58.5 Å². The predicted octanol–water partition coefficient (Wildman–Crippen LogP) is 2.73. The number of aromatic nitrogens is 1. The Hall–Kier alpha value is -2.08. The third-order valence-corrected chi connectivity index (χ3v) is 5.10. The van der Waals surface area contributed by atoms with Crippen LogP contribution in [0.1, 0.15) is 27.8 Å². The number of guanidine groups is 1. The molecule has 0 radical (unpaired) electrons. The second-order valence-electron chi connectivity index (χ2n) is 5.87. The van der Waals surface area contributed by atoms with Crippen molar-refractivity contribution in [3.63, 3.8) is 0 Å². The minimum Gasteiger partial charge on any atom is -0.493 e. The van der Waals surface area contributed by atoms with E-state index in [0.29, 0.717) is 5.92 Å². The van der Waals surface area contributed by atoms with Crippen molar-refractivity contribution in [1.82, 2.24) is 15.6 Å². The van der Waals surface area contributed by atoms with Crippen LogP contribution in [0.2, 0.25) is 0 Å². The molecule has 128 valence electrons. The van der Waals surface area contributed by atoms with Gasteiger partial charge in [-0.3, -0.25) is 4.99 Å². The summed E-state index contributed by atoms with van der Waals surface area (Å²) in [5.74, 6) is 2.31. The number of aliphatic imine (C=N–C) groups is 1. The molecular weight excluding hydrogens is 320 g/mol. The van der Waals surface area contributed by atoms with Gasteiger partial charge >= 0.3 is 0 Å². The van der Waals surface area contributed by atoms with Crippen molar-refractivity contribution in [3.8, 4) is 5.75 Å². The minimum absolute atomic E-state index is 0.454. The quantitative estimate of drug-likeness (QED) is 0.647. The molecule has 0 amide bonds. The highest BCUT2D eigenvalue weighted by Gasteiger charge is 2.20. The second kappa shape index (κ2) is 8.15. The van der Waals surface area contributed by atoms with Crippen molar-refractivity contribution in [2.45, 2.75) is 25.7 Å². The van der Waals surface area contributed by atoms with Crippen molar-refractivity contribution in [3.05, 3.63) is 45.9 Å². The highest BCUT2D eigenvalue weighted by atomic mass is 32.1. The number of fused-ring (bicyclic) bond motifs is 1. The van der Waals surface area contributed by atoms with Gasteiger partial charge < -0.3 is 15.4 Å². The Morgan fingerprint density at radius 2 is 2.25 bits per heavy atom. The number of nitrogens with zero attached hydrogens (tertiary/aromatic N) is 2. The first-order valence-corrected chi connectivity index (χ1v) is 9.15. The SMILES string of the molecule is CN=C(NCCc1ncc(C)s1)NCC1CCOc2ccccc21. The fourth-order valence-electron chi connectivity index (χ4n) is 2.87. The third kappa shape index (κ3) is 4.26. The average molecular weight is 344 g/mol. The van der Waals surface area contributed by atoms with Gasteiger partial charge in [-0.2, -0.15) is 0 Å². The number of ether oxygens (including phenoxy) is 1. The van der Waals surface area contributed by atoms with Gasteiger partial charge in [-0.25, -0.2) is 4.98 Å². The number of aryl methyl sites for hydroxylation is 1. The van der Waals surface area contributed by atoms with Gasteiger partial charge in [0.05, 0.1) is 11.6 Å². The highest BCUT2D eigenvalue weighted by Crippen LogP contribution is 2.32. The molecule has 0 saturated carbocycles. The molecule has 1 aromatic carbocycles. The summed E-state index contributed by atoms with van der Waals surface area (Å²) in [6, 6.07) is 8.30. The van der Waals surface area contributed by atoms with E-state index in [1.807, 2.05) is 18.3 Å². The van der Waals surface area contributed by atoms with Gasteiger partial charge in [0, 0.05) is 43.5 Å². The van der Waals surface area contributed by atoms with Crippen molar-refractivity contribution < 1.29 is 4.74 Å². The van der Waals surface area contributed by atoms with Crippen LogP contribution in [0.5, 0.6) is 5.75 Å². The van der Waals surface area contributed by atoms with Crippen LogP contribution in [-0.2, 0) is 6.42 Å². The first-order chi connectivity index (χ1) is 11.8. The maximum Gasteiger partial charge on any atom is 0.191 e. The van der Waals surface area contributed by atoms with Crippen molar-refractivity contribution in [2.24, 2.45) is 4.99 Å². The Bertz CT molecular complexity index is 698. The summed E-state index contributed by atoms with van der Waals surface area (Å²) in [7, 11) is 1.81. The zero-order valence-corrected chi connectivity index (χ0v) is 15.0. The van der Waals surface area contributed by atoms with E-state index in [1.54, 1.807) is 18.4 Å². The summed E-state index contributed by atoms with van der Waals surface area (Å²) in [4.78, 5) is 9.95. The van der Waals surface area contributed by atoms with Gasteiger partial charge in [-0.15, -0.1) is 11.3 Å². The van der Waals surface area contributed by atoms with Gasteiger partial charge in [-0.1, -0.05) is 18.2 Å². The molecule has 2 heterocycles. The molecule has 3 rings (SSSR count). The van der Waals surface area contributed by atoms with E-state index in [4.69, 9.17) is 4.74 Å². The third-order valence-electron chi connectivity index (χ3n) is 4.12. The lowest BCUT2D eigenvalue weighted by atomic mass is 9.93.